The molecule has 0 bridgehead atoms. The van der Waals surface area contributed by atoms with Gasteiger partial charge in [0.25, 0.3) is 0 Å². The zero-order valence-electron chi connectivity index (χ0n) is 12.1. The van der Waals surface area contributed by atoms with Crippen molar-refractivity contribution in [3.8, 4) is 0 Å². The van der Waals surface area contributed by atoms with Crippen LogP contribution in [-0.2, 0) is 13.0 Å². The summed E-state index contributed by atoms with van der Waals surface area (Å²) in [6.07, 6.45) is 8.47. The van der Waals surface area contributed by atoms with Gasteiger partial charge in [-0.1, -0.05) is 12.1 Å². The van der Waals surface area contributed by atoms with Crippen molar-refractivity contribution in [3.63, 3.8) is 0 Å². The van der Waals surface area contributed by atoms with E-state index in [0.29, 0.717) is 13.1 Å². The van der Waals surface area contributed by atoms with E-state index in [0.717, 1.165) is 17.9 Å². The van der Waals surface area contributed by atoms with Crippen molar-refractivity contribution >= 4 is 23.5 Å². The quantitative estimate of drug-likeness (QED) is 0.826. The third-order valence-electron chi connectivity index (χ3n) is 3.02. The summed E-state index contributed by atoms with van der Waals surface area (Å²) in [5.41, 5.74) is 2.10. The van der Waals surface area contributed by atoms with Gasteiger partial charge < -0.3 is 15.2 Å². The predicted octanol–water partition coefficient (Wildman–Crippen LogP) is 2.61. The van der Waals surface area contributed by atoms with E-state index in [1.807, 2.05) is 34.7 Å². The van der Waals surface area contributed by atoms with Crippen molar-refractivity contribution in [1.29, 1.82) is 0 Å². The maximum atomic E-state index is 11.7. The topological polar surface area (TPSA) is 59.0 Å². The Labute approximate surface area is 129 Å². The van der Waals surface area contributed by atoms with E-state index in [2.05, 4.69) is 34.0 Å². The lowest BCUT2D eigenvalue weighted by atomic mass is 10.1. The van der Waals surface area contributed by atoms with Crippen molar-refractivity contribution in [2.45, 2.75) is 13.0 Å². The van der Waals surface area contributed by atoms with Crippen LogP contribution in [0.4, 0.5) is 10.5 Å². The number of nitrogens with zero attached hydrogens (tertiary/aromatic N) is 2. The predicted molar refractivity (Wildman–Crippen MR) is 87.8 cm³/mol. The number of aryl methyl sites for hydroxylation is 1. The summed E-state index contributed by atoms with van der Waals surface area (Å²) in [5, 5.41) is 5.64. The smallest absolute Gasteiger partial charge is 0.319 e. The standard InChI is InChI=1S/C15H20N4OS/c1-21-11-6-13-2-4-14(5-3-13)18-15(20)17-8-10-19-9-7-16-12-19/h2-5,7,9,12H,6,8,10-11H2,1H3,(H2,17,18,20). The second-order valence-corrected chi connectivity index (χ2v) is 5.61. The molecular formula is C15H20N4OS. The first-order chi connectivity index (χ1) is 10.3. The summed E-state index contributed by atoms with van der Waals surface area (Å²) < 4.78 is 1.92. The molecule has 112 valence electrons. The van der Waals surface area contributed by atoms with E-state index < -0.39 is 0 Å². The number of carbonyl (C=O) groups excluding carboxylic acids is 1. The SMILES string of the molecule is CSCCc1ccc(NC(=O)NCCn2ccnc2)cc1. The number of carbonyl (C=O) groups is 1. The van der Waals surface area contributed by atoms with Gasteiger partial charge in [0.15, 0.2) is 0 Å². The van der Waals surface area contributed by atoms with Gasteiger partial charge in [0.05, 0.1) is 6.33 Å². The van der Waals surface area contributed by atoms with Gasteiger partial charge in [0.2, 0.25) is 0 Å². The summed E-state index contributed by atoms with van der Waals surface area (Å²) in [4.78, 5) is 15.7. The molecule has 2 amide bonds. The molecule has 0 atom stereocenters. The van der Waals surface area contributed by atoms with Crippen LogP contribution < -0.4 is 10.6 Å². The lowest BCUT2D eigenvalue weighted by molar-refractivity contribution is 0.251. The Balaban J connectivity index is 1.71. The van der Waals surface area contributed by atoms with Crippen LogP contribution in [0.15, 0.2) is 43.0 Å². The number of hydrogen-bond acceptors (Lipinski definition) is 3. The van der Waals surface area contributed by atoms with E-state index in [4.69, 9.17) is 0 Å². The normalized spacial score (nSPS) is 10.3. The van der Waals surface area contributed by atoms with Crippen LogP contribution >= 0.6 is 11.8 Å². The summed E-state index contributed by atoms with van der Waals surface area (Å²) in [5.74, 6) is 1.11. The van der Waals surface area contributed by atoms with Gasteiger partial charge in [0.1, 0.15) is 0 Å². The van der Waals surface area contributed by atoms with Gasteiger partial charge in [-0.15, -0.1) is 0 Å². The molecule has 21 heavy (non-hydrogen) atoms. The fourth-order valence-corrected chi connectivity index (χ4v) is 2.31. The van der Waals surface area contributed by atoms with Gasteiger partial charge in [-0.25, -0.2) is 9.78 Å². The van der Waals surface area contributed by atoms with Crippen molar-refractivity contribution in [2.75, 3.05) is 23.9 Å². The molecule has 2 N–H and O–H groups in total. The summed E-state index contributed by atoms with van der Waals surface area (Å²) in [6.45, 7) is 1.27. The zero-order valence-corrected chi connectivity index (χ0v) is 12.9. The Morgan fingerprint density at radius 3 is 2.81 bits per heavy atom. The molecule has 0 radical (unpaired) electrons. The number of urea groups is 1. The first-order valence-electron chi connectivity index (χ1n) is 6.86. The fraction of sp³-hybridized carbons (Fsp3) is 0.333. The first kappa shape index (κ1) is 15.4. The number of nitrogens with one attached hydrogen (secondary N) is 2. The molecule has 0 saturated heterocycles. The zero-order chi connectivity index (χ0) is 14.9. The third kappa shape index (κ3) is 5.51. The second-order valence-electron chi connectivity index (χ2n) is 4.62. The van der Waals surface area contributed by atoms with E-state index in [1.54, 1.807) is 12.5 Å². The highest BCUT2D eigenvalue weighted by molar-refractivity contribution is 7.98. The van der Waals surface area contributed by atoms with Gasteiger partial charge in [0, 0.05) is 31.2 Å². The molecule has 0 saturated carbocycles. The molecular weight excluding hydrogens is 284 g/mol. The Morgan fingerprint density at radius 1 is 1.33 bits per heavy atom. The van der Waals surface area contributed by atoms with Crippen molar-refractivity contribution in [2.24, 2.45) is 0 Å². The number of thioether (sulfide) groups is 1. The number of benzene rings is 1. The number of rotatable bonds is 7. The molecule has 2 rings (SSSR count). The second kappa shape index (κ2) is 8.36. The molecule has 0 aliphatic carbocycles. The van der Waals surface area contributed by atoms with E-state index in [1.165, 1.54) is 5.56 Å². The Hall–Kier alpha value is -1.95. The minimum atomic E-state index is -0.188. The summed E-state index contributed by atoms with van der Waals surface area (Å²) in [7, 11) is 0. The van der Waals surface area contributed by atoms with Crippen LogP contribution in [0.1, 0.15) is 5.56 Å². The van der Waals surface area contributed by atoms with E-state index in [9.17, 15) is 4.79 Å². The largest absolute Gasteiger partial charge is 0.336 e. The van der Waals surface area contributed by atoms with Crippen LogP contribution in [0.3, 0.4) is 0 Å². The van der Waals surface area contributed by atoms with Crippen LogP contribution in [0.5, 0.6) is 0 Å². The minimum absolute atomic E-state index is 0.188. The summed E-state index contributed by atoms with van der Waals surface area (Å²) in [6, 6.07) is 7.79. The third-order valence-corrected chi connectivity index (χ3v) is 3.63. The number of anilines is 1. The van der Waals surface area contributed by atoms with Crippen molar-refractivity contribution in [3.05, 3.63) is 48.5 Å². The van der Waals surface area contributed by atoms with Crippen LogP contribution in [0.2, 0.25) is 0 Å². The molecule has 0 fully saturated rings. The molecule has 1 heterocycles. The highest BCUT2D eigenvalue weighted by Gasteiger charge is 2.01. The molecule has 6 heteroatoms. The van der Waals surface area contributed by atoms with Crippen LogP contribution in [-0.4, -0.2) is 34.1 Å². The molecule has 5 nitrogen and oxygen atoms in total. The maximum absolute atomic E-state index is 11.7. The van der Waals surface area contributed by atoms with E-state index in [-0.39, 0.29) is 6.03 Å². The average molecular weight is 304 g/mol. The van der Waals surface area contributed by atoms with Gasteiger partial charge in [-0.2, -0.15) is 11.8 Å². The Bertz CT molecular complexity index is 539. The number of imidazole rings is 1. The summed E-state index contributed by atoms with van der Waals surface area (Å²) >= 11 is 1.83. The van der Waals surface area contributed by atoms with E-state index >= 15 is 0 Å². The number of hydrogen-bond donors (Lipinski definition) is 2. The van der Waals surface area contributed by atoms with Crippen LogP contribution in [0, 0.1) is 0 Å². The molecule has 1 aromatic carbocycles. The monoisotopic (exact) mass is 304 g/mol. The first-order valence-corrected chi connectivity index (χ1v) is 8.26. The van der Waals surface area contributed by atoms with Crippen molar-refractivity contribution < 1.29 is 4.79 Å². The average Bonchev–Trinajstić information content (AvgIpc) is 3.00. The van der Waals surface area contributed by atoms with Crippen LogP contribution in [0.25, 0.3) is 0 Å². The molecule has 1 aromatic heterocycles. The lowest BCUT2D eigenvalue weighted by Gasteiger charge is -2.08. The molecule has 2 aromatic rings. The maximum Gasteiger partial charge on any atom is 0.319 e. The highest BCUT2D eigenvalue weighted by Crippen LogP contribution is 2.11. The molecule has 0 unspecified atom stereocenters. The van der Waals surface area contributed by atoms with Gasteiger partial charge in [-0.05, 0) is 36.1 Å². The molecule has 0 aliphatic heterocycles. The van der Waals surface area contributed by atoms with Gasteiger partial charge >= 0.3 is 6.03 Å². The Morgan fingerprint density at radius 2 is 2.14 bits per heavy atom. The lowest BCUT2D eigenvalue weighted by Crippen LogP contribution is -2.31. The fourth-order valence-electron chi connectivity index (χ4n) is 1.87. The number of amides is 2. The number of aromatic nitrogens is 2. The molecule has 0 spiro atoms. The van der Waals surface area contributed by atoms with Crippen molar-refractivity contribution in [1.82, 2.24) is 14.9 Å². The molecule has 0 aliphatic rings. The highest BCUT2D eigenvalue weighted by atomic mass is 32.2. The van der Waals surface area contributed by atoms with Gasteiger partial charge in [-0.3, -0.25) is 0 Å². The minimum Gasteiger partial charge on any atom is -0.336 e. The Kier molecular flexibility index (Phi) is 6.15.